The van der Waals surface area contributed by atoms with Gasteiger partial charge in [-0.05, 0) is 22.0 Å². The molecule has 0 saturated carbocycles. The predicted molar refractivity (Wildman–Crippen MR) is 41.9 cm³/mol. The van der Waals surface area contributed by atoms with Gasteiger partial charge < -0.3 is 0 Å². The number of halogens is 5. The van der Waals surface area contributed by atoms with E-state index in [2.05, 4.69) is 20.9 Å². The number of hydrogen-bond donors (Lipinski definition) is 0. The van der Waals surface area contributed by atoms with Gasteiger partial charge >= 0.3 is 6.18 Å². The minimum Gasteiger partial charge on any atom is -0.250 e. The number of rotatable bonds is 0. The van der Waals surface area contributed by atoms with E-state index in [1.165, 1.54) is 6.07 Å². The molecule has 1 heterocycles. The number of aromatic nitrogens is 1. The van der Waals surface area contributed by atoms with E-state index in [1.54, 1.807) is 0 Å². The molecule has 0 bridgehead atoms. The van der Waals surface area contributed by atoms with E-state index in [0.717, 1.165) is 6.20 Å². The molecule has 0 amide bonds. The summed E-state index contributed by atoms with van der Waals surface area (Å²) in [6, 6.07) is 1.34. The Balaban J connectivity index is 3.26. The van der Waals surface area contributed by atoms with E-state index in [-0.39, 0.29) is 4.47 Å². The first-order valence-electron chi connectivity index (χ1n) is 2.80. The molecule has 0 N–H and O–H groups in total. The minimum atomic E-state index is -4.50. The lowest BCUT2D eigenvalue weighted by molar-refractivity contribution is -0.141. The fourth-order valence-electron chi connectivity index (χ4n) is 0.618. The fraction of sp³-hybridized carbons (Fsp3) is 0.167. The van der Waals surface area contributed by atoms with Crippen molar-refractivity contribution < 1.29 is 13.2 Å². The van der Waals surface area contributed by atoms with E-state index in [1.807, 2.05) is 0 Å². The van der Waals surface area contributed by atoms with Gasteiger partial charge in [-0.25, -0.2) is 0 Å². The third-order valence-electron chi connectivity index (χ3n) is 1.11. The van der Waals surface area contributed by atoms with Crippen LogP contribution in [0.1, 0.15) is 5.69 Å². The maximum atomic E-state index is 12.1. The molecule has 1 aromatic rings. The molecule has 0 radical (unpaired) electrons. The summed E-state index contributed by atoms with van der Waals surface area (Å²) in [6.45, 7) is 0. The predicted octanol–water partition coefficient (Wildman–Crippen LogP) is 3.52. The molecule has 0 spiro atoms. The van der Waals surface area contributed by atoms with Crippen LogP contribution in [0.15, 0.2) is 16.7 Å². The molecule has 1 rings (SSSR count). The van der Waals surface area contributed by atoms with Crippen LogP contribution in [-0.4, -0.2) is 4.98 Å². The van der Waals surface area contributed by atoms with Crippen LogP contribution in [0.2, 0.25) is 5.02 Å². The highest BCUT2D eigenvalue weighted by molar-refractivity contribution is 9.10. The Kier molecular flexibility index (Phi) is 2.63. The van der Waals surface area contributed by atoms with Crippen LogP contribution >= 0.6 is 27.5 Å². The molecule has 0 fully saturated rings. The first kappa shape index (κ1) is 9.80. The summed E-state index contributed by atoms with van der Waals surface area (Å²) in [4.78, 5) is 3.12. The van der Waals surface area contributed by atoms with Gasteiger partial charge in [0.1, 0.15) is 0 Å². The topological polar surface area (TPSA) is 12.9 Å². The molecule has 0 aliphatic carbocycles. The zero-order valence-electron chi connectivity index (χ0n) is 5.49. The van der Waals surface area contributed by atoms with Crippen molar-refractivity contribution in [1.82, 2.24) is 4.98 Å². The minimum absolute atomic E-state index is 0.187. The first-order valence-corrected chi connectivity index (χ1v) is 3.97. The van der Waals surface area contributed by atoms with Crippen LogP contribution in [0.25, 0.3) is 0 Å². The highest BCUT2D eigenvalue weighted by Gasteiger charge is 2.35. The van der Waals surface area contributed by atoms with Crippen molar-refractivity contribution in [3.8, 4) is 0 Å². The summed E-state index contributed by atoms with van der Waals surface area (Å²) >= 11 is 8.22. The van der Waals surface area contributed by atoms with Crippen LogP contribution in [0, 0.1) is 0 Å². The SMILES string of the molecule is FC(F)(F)c1nccc(Br)c1Cl. The van der Waals surface area contributed by atoms with Crippen molar-refractivity contribution in [2.24, 2.45) is 0 Å². The van der Waals surface area contributed by atoms with Crippen molar-refractivity contribution in [2.45, 2.75) is 6.18 Å². The van der Waals surface area contributed by atoms with Gasteiger partial charge in [0, 0.05) is 10.7 Å². The average Bonchev–Trinajstić information content (AvgIpc) is 1.92. The van der Waals surface area contributed by atoms with E-state index < -0.39 is 16.9 Å². The zero-order valence-corrected chi connectivity index (χ0v) is 7.83. The lowest BCUT2D eigenvalue weighted by Gasteiger charge is -2.07. The van der Waals surface area contributed by atoms with Gasteiger partial charge in [-0.15, -0.1) is 0 Å². The monoisotopic (exact) mass is 259 g/mol. The van der Waals surface area contributed by atoms with E-state index in [4.69, 9.17) is 11.6 Å². The lowest BCUT2D eigenvalue weighted by Crippen LogP contribution is -2.08. The molecule has 0 atom stereocenters. The van der Waals surface area contributed by atoms with Crippen LogP contribution in [-0.2, 0) is 6.18 Å². The quantitative estimate of drug-likeness (QED) is 0.695. The van der Waals surface area contributed by atoms with Gasteiger partial charge in [-0.3, -0.25) is 4.98 Å². The third-order valence-corrected chi connectivity index (χ3v) is 2.38. The Hall–Kier alpha value is -0.290. The van der Waals surface area contributed by atoms with E-state index >= 15 is 0 Å². The molecule has 0 aromatic carbocycles. The highest BCUT2D eigenvalue weighted by Crippen LogP contribution is 2.36. The largest absolute Gasteiger partial charge is 0.434 e. The Bertz CT molecular complexity index is 299. The van der Waals surface area contributed by atoms with Crippen molar-refractivity contribution in [3.05, 3.63) is 27.5 Å². The van der Waals surface area contributed by atoms with E-state index in [9.17, 15) is 13.2 Å². The molecule has 1 nitrogen and oxygen atoms in total. The van der Waals surface area contributed by atoms with Gasteiger partial charge in [-0.2, -0.15) is 13.2 Å². The summed E-state index contributed by atoms with van der Waals surface area (Å²) < 4.78 is 36.4. The van der Waals surface area contributed by atoms with Crippen molar-refractivity contribution in [1.29, 1.82) is 0 Å². The molecular weight excluding hydrogens is 258 g/mol. The van der Waals surface area contributed by atoms with Gasteiger partial charge in [0.15, 0.2) is 5.69 Å². The zero-order chi connectivity index (χ0) is 9.35. The van der Waals surface area contributed by atoms with Gasteiger partial charge in [0.25, 0.3) is 0 Å². The first-order chi connectivity index (χ1) is 5.43. The molecule has 1 aromatic heterocycles. The maximum Gasteiger partial charge on any atom is 0.434 e. The Morgan fingerprint density at radius 3 is 2.42 bits per heavy atom. The number of alkyl halides is 3. The van der Waals surface area contributed by atoms with Crippen LogP contribution < -0.4 is 0 Å². The molecular formula is C6H2BrClF3N. The molecule has 0 aliphatic rings. The van der Waals surface area contributed by atoms with Crippen LogP contribution in [0.4, 0.5) is 13.2 Å². The second-order valence-electron chi connectivity index (χ2n) is 1.95. The summed E-state index contributed by atoms with van der Waals surface area (Å²) in [5, 5.41) is -0.412. The number of nitrogens with zero attached hydrogens (tertiary/aromatic N) is 1. The summed E-state index contributed by atoms with van der Waals surface area (Å²) in [6.07, 6.45) is -3.46. The lowest BCUT2D eigenvalue weighted by atomic mass is 10.3. The molecule has 66 valence electrons. The number of hydrogen-bond acceptors (Lipinski definition) is 1. The maximum absolute atomic E-state index is 12.1. The molecule has 12 heavy (non-hydrogen) atoms. The summed E-state index contributed by atoms with van der Waals surface area (Å²) in [7, 11) is 0. The Morgan fingerprint density at radius 2 is 2.00 bits per heavy atom. The van der Waals surface area contributed by atoms with Crippen molar-refractivity contribution in [3.63, 3.8) is 0 Å². The van der Waals surface area contributed by atoms with Crippen LogP contribution in [0.5, 0.6) is 0 Å². The van der Waals surface area contributed by atoms with Gasteiger partial charge in [0.2, 0.25) is 0 Å². The Morgan fingerprint density at radius 1 is 1.42 bits per heavy atom. The highest BCUT2D eigenvalue weighted by atomic mass is 79.9. The Labute approximate surface area is 79.7 Å². The average molecular weight is 260 g/mol. The summed E-state index contributed by atoms with van der Waals surface area (Å²) in [5.74, 6) is 0. The second-order valence-corrected chi connectivity index (χ2v) is 3.19. The summed E-state index contributed by atoms with van der Waals surface area (Å²) in [5.41, 5.74) is -1.07. The third kappa shape index (κ3) is 1.90. The van der Waals surface area contributed by atoms with Crippen LogP contribution in [0.3, 0.4) is 0 Å². The van der Waals surface area contributed by atoms with E-state index in [0.29, 0.717) is 0 Å². The number of pyridine rings is 1. The van der Waals surface area contributed by atoms with Gasteiger partial charge in [0.05, 0.1) is 5.02 Å². The molecule has 0 unspecified atom stereocenters. The molecule has 0 aliphatic heterocycles. The van der Waals surface area contributed by atoms with Gasteiger partial charge in [-0.1, -0.05) is 11.6 Å². The van der Waals surface area contributed by atoms with Crippen molar-refractivity contribution in [2.75, 3.05) is 0 Å². The molecule has 0 saturated heterocycles. The van der Waals surface area contributed by atoms with Crippen molar-refractivity contribution >= 4 is 27.5 Å². The fourth-order valence-corrected chi connectivity index (χ4v) is 1.14. The normalized spacial score (nSPS) is 11.8. The standard InChI is InChI=1S/C6H2BrClF3N/c7-3-1-2-12-5(4(3)8)6(9,10)11/h1-2H. The second kappa shape index (κ2) is 3.22. The smallest absolute Gasteiger partial charge is 0.250 e. The molecule has 6 heteroatoms.